The van der Waals surface area contributed by atoms with E-state index in [1.165, 1.54) is 6.20 Å². The highest BCUT2D eigenvalue weighted by Crippen LogP contribution is 2.04. The highest BCUT2D eigenvalue weighted by atomic mass is 16.2. The number of anilines is 1. The van der Waals surface area contributed by atoms with Gasteiger partial charge in [0.25, 0.3) is 0 Å². The second-order valence-corrected chi connectivity index (χ2v) is 3.16. The largest absolute Gasteiger partial charge is 0.323 e. The van der Waals surface area contributed by atoms with E-state index in [1.54, 1.807) is 12.1 Å². The summed E-state index contributed by atoms with van der Waals surface area (Å²) in [6.07, 6.45) is 2.73. The lowest BCUT2D eigenvalue weighted by atomic mass is 10.2. The van der Waals surface area contributed by atoms with Crippen molar-refractivity contribution in [3.05, 3.63) is 42.1 Å². The molecule has 0 atom stereocenters. The average Bonchev–Trinajstić information content (AvgIpc) is 2.31. The summed E-state index contributed by atoms with van der Waals surface area (Å²) in [5.74, 6) is 0. The van der Waals surface area contributed by atoms with Gasteiger partial charge in [-0.15, -0.1) is 0 Å². The van der Waals surface area contributed by atoms with Crippen molar-refractivity contribution in [2.45, 2.75) is 13.3 Å². The molecule has 4 nitrogen and oxygen atoms in total. The molecule has 0 aromatic heterocycles. The molecule has 2 amide bonds. The van der Waals surface area contributed by atoms with Crippen LogP contribution in [0.4, 0.5) is 10.5 Å². The maximum absolute atomic E-state index is 11.4. The maximum Gasteiger partial charge on any atom is 0.323 e. The van der Waals surface area contributed by atoms with Crippen molar-refractivity contribution in [2.24, 2.45) is 0 Å². The minimum absolute atomic E-state index is 0.362. The summed E-state index contributed by atoms with van der Waals surface area (Å²) in [5, 5.41) is 5.12. The van der Waals surface area contributed by atoms with E-state index >= 15 is 0 Å². The van der Waals surface area contributed by atoms with Crippen molar-refractivity contribution in [1.82, 2.24) is 5.32 Å². The van der Waals surface area contributed by atoms with E-state index in [1.807, 2.05) is 25.1 Å². The maximum atomic E-state index is 11.4. The molecule has 0 saturated heterocycles. The Hall–Kier alpha value is -2.10. The zero-order valence-electron chi connectivity index (χ0n) is 9.07. The van der Waals surface area contributed by atoms with Gasteiger partial charge in [0.15, 0.2) is 0 Å². The van der Waals surface area contributed by atoms with Gasteiger partial charge in [0.05, 0.1) is 0 Å². The lowest BCUT2D eigenvalue weighted by Crippen LogP contribution is -2.24. The normalized spacial score (nSPS) is 10.7. The molecule has 0 heterocycles. The van der Waals surface area contributed by atoms with Crippen LogP contribution >= 0.6 is 0 Å². The predicted molar refractivity (Wildman–Crippen MR) is 63.0 cm³/mol. The highest BCUT2D eigenvalue weighted by molar-refractivity contribution is 5.90. The zero-order chi connectivity index (χ0) is 11.8. The number of carbonyl (C=O) groups is 2. The second-order valence-electron chi connectivity index (χ2n) is 3.16. The quantitative estimate of drug-likeness (QED) is 0.601. The molecule has 0 radical (unpaired) electrons. The third-order valence-electron chi connectivity index (χ3n) is 1.98. The molecule has 16 heavy (non-hydrogen) atoms. The lowest BCUT2D eigenvalue weighted by Gasteiger charge is -2.04. The van der Waals surface area contributed by atoms with Gasteiger partial charge in [-0.1, -0.05) is 25.1 Å². The minimum Gasteiger partial charge on any atom is -0.314 e. The molecule has 0 unspecified atom stereocenters. The van der Waals surface area contributed by atoms with E-state index < -0.39 is 0 Å². The first-order chi connectivity index (χ1) is 7.76. The Morgan fingerprint density at radius 3 is 2.56 bits per heavy atom. The molecule has 0 aliphatic heterocycles. The van der Waals surface area contributed by atoms with Crippen LogP contribution in [0.1, 0.15) is 13.3 Å². The van der Waals surface area contributed by atoms with Gasteiger partial charge >= 0.3 is 6.03 Å². The molecule has 0 spiro atoms. The first-order valence-electron chi connectivity index (χ1n) is 5.03. The minimum atomic E-state index is -0.362. The molecule has 84 valence electrons. The first kappa shape index (κ1) is 12.0. The van der Waals surface area contributed by atoms with Gasteiger partial charge in [-0.05, 0) is 18.6 Å². The van der Waals surface area contributed by atoms with Crippen LogP contribution in [0, 0.1) is 0 Å². The summed E-state index contributed by atoms with van der Waals surface area (Å²) >= 11 is 0. The van der Waals surface area contributed by atoms with Crippen LogP contribution in [0.5, 0.6) is 0 Å². The van der Waals surface area contributed by atoms with Crippen LogP contribution < -0.4 is 10.6 Å². The van der Waals surface area contributed by atoms with E-state index in [0.717, 1.165) is 6.29 Å². The highest BCUT2D eigenvalue weighted by Gasteiger charge is 1.98. The van der Waals surface area contributed by atoms with E-state index in [0.29, 0.717) is 17.7 Å². The van der Waals surface area contributed by atoms with Gasteiger partial charge in [0, 0.05) is 17.5 Å². The Balaban J connectivity index is 2.48. The zero-order valence-corrected chi connectivity index (χ0v) is 9.07. The number of benzene rings is 1. The lowest BCUT2D eigenvalue weighted by molar-refractivity contribution is -0.105. The van der Waals surface area contributed by atoms with E-state index in [9.17, 15) is 9.59 Å². The number of urea groups is 1. The molecule has 4 heteroatoms. The molecule has 0 aliphatic carbocycles. The number of nitrogens with one attached hydrogen (secondary N) is 2. The summed E-state index contributed by atoms with van der Waals surface area (Å²) in [6, 6.07) is 8.72. The molecular weight excluding hydrogens is 204 g/mol. The third kappa shape index (κ3) is 3.96. The van der Waals surface area contributed by atoms with Gasteiger partial charge < -0.3 is 10.6 Å². The number of carbonyl (C=O) groups excluding carboxylic acids is 2. The molecule has 0 saturated carbocycles. The number of amides is 2. The smallest absolute Gasteiger partial charge is 0.314 e. The Labute approximate surface area is 94.4 Å². The Kier molecular flexibility index (Phi) is 4.79. The summed E-state index contributed by atoms with van der Waals surface area (Å²) in [5.41, 5.74) is 1.25. The van der Waals surface area contributed by atoms with E-state index in [4.69, 9.17) is 0 Å². The summed E-state index contributed by atoms with van der Waals surface area (Å²) in [6.45, 7) is 1.84. The molecule has 1 rings (SSSR count). The topological polar surface area (TPSA) is 58.2 Å². The van der Waals surface area contributed by atoms with Crippen molar-refractivity contribution in [1.29, 1.82) is 0 Å². The summed E-state index contributed by atoms with van der Waals surface area (Å²) in [4.78, 5) is 21.8. The standard InChI is InChI=1S/C12H14N2O2/c1-2-10(9-15)8-13-12(16)14-11-6-4-3-5-7-11/h3-9H,2H2,1H3,(H2,13,14,16). The fourth-order valence-corrected chi connectivity index (χ4v) is 1.07. The second kappa shape index (κ2) is 6.40. The fourth-order valence-electron chi connectivity index (χ4n) is 1.07. The van der Waals surface area contributed by atoms with Crippen molar-refractivity contribution in [2.75, 3.05) is 5.32 Å². The molecule has 1 aromatic carbocycles. The van der Waals surface area contributed by atoms with Crippen molar-refractivity contribution in [3.63, 3.8) is 0 Å². The third-order valence-corrected chi connectivity index (χ3v) is 1.98. The monoisotopic (exact) mass is 218 g/mol. The van der Waals surface area contributed by atoms with Crippen LogP contribution in [0.3, 0.4) is 0 Å². The van der Waals surface area contributed by atoms with Crippen LogP contribution in [0.2, 0.25) is 0 Å². The van der Waals surface area contributed by atoms with Crippen molar-refractivity contribution >= 4 is 18.0 Å². The number of rotatable bonds is 4. The van der Waals surface area contributed by atoms with Gasteiger partial charge in [0.2, 0.25) is 0 Å². The van der Waals surface area contributed by atoms with Gasteiger partial charge in [0.1, 0.15) is 6.29 Å². The summed E-state index contributed by atoms with van der Waals surface area (Å²) in [7, 11) is 0. The predicted octanol–water partition coefficient (Wildman–Crippen LogP) is 2.30. The number of allylic oxidation sites excluding steroid dienone is 1. The van der Waals surface area contributed by atoms with Crippen LogP contribution in [0.15, 0.2) is 42.1 Å². The average molecular weight is 218 g/mol. The molecule has 2 N–H and O–H groups in total. The Morgan fingerprint density at radius 1 is 1.31 bits per heavy atom. The van der Waals surface area contributed by atoms with E-state index in [2.05, 4.69) is 10.6 Å². The first-order valence-corrected chi connectivity index (χ1v) is 5.03. The molecule has 0 bridgehead atoms. The van der Waals surface area contributed by atoms with Crippen molar-refractivity contribution in [3.8, 4) is 0 Å². The van der Waals surface area contributed by atoms with Crippen molar-refractivity contribution < 1.29 is 9.59 Å². The Bertz CT molecular complexity index is 385. The molecule has 1 aromatic rings. The van der Waals surface area contributed by atoms with Gasteiger partial charge in [-0.3, -0.25) is 4.79 Å². The number of hydrogen-bond acceptors (Lipinski definition) is 2. The molecule has 0 aliphatic rings. The summed E-state index contributed by atoms with van der Waals surface area (Å²) < 4.78 is 0. The number of hydrogen-bond donors (Lipinski definition) is 2. The van der Waals surface area contributed by atoms with Crippen LogP contribution in [-0.4, -0.2) is 12.3 Å². The SMILES string of the molecule is CCC(C=O)=CNC(=O)Nc1ccccc1. The van der Waals surface area contributed by atoms with Gasteiger partial charge in [-0.2, -0.15) is 0 Å². The fraction of sp³-hybridized carbons (Fsp3) is 0.167. The van der Waals surface area contributed by atoms with Crippen LogP contribution in [-0.2, 0) is 4.79 Å². The molecule has 0 fully saturated rings. The Morgan fingerprint density at radius 2 is 2.00 bits per heavy atom. The van der Waals surface area contributed by atoms with E-state index in [-0.39, 0.29) is 6.03 Å². The van der Waals surface area contributed by atoms with Crippen LogP contribution in [0.25, 0.3) is 0 Å². The number of para-hydroxylation sites is 1. The molecular formula is C12H14N2O2. The van der Waals surface area contributed by atoms with Gasteiger partial charge in [-0.25, -0.2) is 4.79 Å². The number of aldehydes is 1.